The average Bonchev–Trinajstić information content (AvgIpc) is 2.85. The van der Waals surface area contributed by atoms with E-state index in [0.29, 0.717) is 6.61 Å². The highest BCUT2D eigenvalue weighted by molar-refractivity contribution is 7.09. The van der Waals surface area contributed by atoms with Crippen molar-refractivity contribution in [2.24, 2.45) is 0 Å². The minimum atomic E-state index is -0.00567. The largest absolute Gasteiger partial charge is 0.487 e. The summed E-state index contributed by atoms with van der Waals surface area (Å²) >= 11 is 1.66. The Morgan fingerprint density at radius 3 is 2.89 bits per heavy atom. The molecule has 2 aromatic rings. The molecular formula is C14H17NO2S. The van der Waals surface area contributed by atoms with Gasteiger partial charge in [-0.1, -0.05) is 25.1 Å². The summed E-state index contributed by atoms with van der Waals surface area (Å²) in [7, 11) is 0. The fourth-order valence-corrected chi connectivity index (χ4v) is 2.50. The van der Waals surface area contributed by atoms with Crippen LogP contribution in [0.3, 0.4) is 0 Å². The Balaban J connectivity index is 2.10. The Hall–Kier alpha value is -1.39. The van der Waals surface area contributed by atoms with Gasteiger partial charge < -0.3 is 9.84 Å². The van der Waals surface area contributed by atoms with E-state index in [1.807, 2.05) is 30.5 Å². The summed E-state index contributed by atoms with van der Waals surface area (Å²) < 4.78 is 5.79. The summed E-state index contributed by atoms with van der Waals surface area (Å²) in [4.78, 5) is 4.46. The number of rotatable bonds is 5. The molecular weight excluding hydrogens is 246 g/mol. The lowest BCUT2D eigenvalue weighted by Gasteiger charge is -2.11. The van der Waals surface area contributed by atoms with Crippen molar-refractivity contribution >= 4 is 11.3 Å². The molecule has 0 unspecified atom stereocenters. The highest BCUT2D eigenvalue weighted by atomic mass is 32.1. The van der Waals surface area contributed by atoms with Crippen molar-refractivity contribution in [1.29, 1.82) is 0 Å². The molecule has 1 heterocycles. The highest BCUT2D eigenvalue weighted by Crippen LogP contribution is 2.24. The fourth-order valence-electron chi connectivity index (χ4n) is 1.77. The maximum atomic E-state index is 9.29. The Kier molecular flexibility index (Phi) is 4.33. The molecule has 0 amide bonds. The van der Waals surface area contributed by atoms with Crippen LogP contribution in [-0.2, 0) is 19.6 Å². The monoisotopic (exact) mass is 263 g/mol. The summed E-state index contributed by atoms with van der Waals surface area (Å²) in [6.07, 6.45) is 0.955. The first-order chi connectivity index (χ1) is 8.74. The van der Waals surface area contributed by atoms with Gasteiger partial charge in [-0.2, -0.15) is 0 Å². The number of aliphatic hydroxyl groups excluding tert-OH is 1. The molecule has 0 spiro atoms. The predicted molar refractivity (Wildman–Crippen MR) is 72.9 cm³/mol. The molecule has 3 nitrogen and oxygen atoms in total. The molecule has 0 radical (unpaired) electrons. The number of aryl methyl sites for hydroxylation is 2. The van der Waals surface area contributed by atoms with Gasteiger partial charge in [0.1, 0.15) is 12.4 Å². The van der Waals surface area contributed by atoms with E-state index >= 15 is 0 Å². The molecule has 96 valence electrons. The lowest BCUT2D eigenvalue weighted by atomic mass is 10.1. The number of thiazole rings is 1. The topological polar surface area (TPSA) is 42.4 Å². The Labute approximate surface area is 111 Å². The van der Waals surface area contributed by atoms with Crippen LogP contribution in [0.1, 0.15) is 28.8 Å². The number of aliphatic hydroxyl groups is 1. The van der Waals surface area contributed by atoms with Gasteiger partial charge in [-0.05, 0) is 18.9 Å². The molecule has 0 atom stereocenters. The zero-order valence-corrected chi connectivity index (χ0v) is 11.5. The van der Waals surface area contributed by atoms with Crippen LogP contribution in [0.15, 0.2) is 23.6 Å². The van der Waals surface area contributed by atoms with Gasteiger partial charge in [-0.3, -0.25) is 0 Å². The van der Waals surface area contributed by atoms with Crippen molar-refractivity contribution in [1.82, 2.24) is 4.98 Å². The lowest BCUT2D eigenvalue weighted by Crippen LogP contribution is -2.01. The summed E-state index contributed by atoms with van der Waals surface area (Å²) in [6.45, 7) is 4.52. The van der Waals surface area contributed by atoms with Gasteiger partial charge in [0.05, 0.1) is 17.3 Å². The SMILES string of the molecule is CCc1nc(COc2c(C)cccc2CO)cs1. The smallest absolute Gasteiger partial charge is 0.131 e. The van der Waals surface area contributed by atoms with Crippen molar-refractivity contribution in [2.75, 3.05) is 0 Å². The van der Waals surface area contributed by atoms with Crippen LogP contribution in [0.2, 0.25) is 0 Å². The number of nitrogens with zero attached hydrogens (tertiary/aromatic N) is 1. The second-order valence-corrected chi connectivity index (χ2v) is 5.04. The molecule has 1 aromatic heterocycles. The van der Waals surface area contributed by atoms with Crippen LogP contribution in [0.25, 0.3) is 0 Å². The van der Waals surface area contributed by atoms with Crippen LogP contribution in [0, 0.1) is 6.92 Å². The molecule has 0 saturated carbocycles. The van der Waals surface area contributed by atoms with Crippen molar-refractivity contribution < 1.29 is 9.84 Å². The standard InChI is InChI=1S/C14H17NO2S/c1-3-13-15-12(9-18-13)8-17-14-10(2)5-4-6-11(14)7-16/h4-6,9,16H,3,7-8H2,1-2H3. The van der Waals surface area contributed by atoms with E-state index in [-0.39, 0.29) is 6.61 Å². The number of hydrogen-bond donors (Lipinski definition) is 1. The molecule has 0 aliphatic carbocycles. The molecule has 0 fully saturated rings. The number of para-hydroxylation sites is 1. The Bertz CT molecular complexity index is 522. The molecule has 4 heteroatoms. The summed E-state index contributed by atoms with van der Waals surface area (Å²) in [5, 5.41) is 12.4. The number of benzene rings is 1. The second-order valence-electron chi connectivity index (χ2n) is 4.10. The van der Waals surface area contributed by atoms with Gasteiger partial charge in [-0.15, -0.1) is 11.3 Å². The van der Waals surface area contributed by atoms with Crippen LogP contribution < -0.4 is 4.74 Å². The number of hydrogen-bond acceptors (Lipinski definition) is 4. The Morgan fingerprint density at radius 2 is 2.22 bits per heavy atom. The molecule has 0 bridgehead atoms. The Morgan fingerprint density at radius 1 is 1.39 bits per heavy atom. The molecule has 2 rings (SSSR count). The minimum Gasteiger partial charge on any atom is -0.487 e. The van der Waals surface area contributed by atoms with Crippen molar-refractivity contribution in [2.45, 2.75) is 33.5 Å². The summed E-state index contributed by atoms with van der Waals surface area (Å²) in [5.41, 5.74) is 2.80. The first-order valence-electron chi connectivity index (χ1n) is 6.00. The third kappa shape index (κ3) is 2.89. The van der Waals surface area contributed by atoms with Gasteiger partial charge in [0.2, 0.25) is 0 Å². The quantitative estimate of drug-likeness (QED) is 0.901. The van der Waals surface area contributed by atoms with Gasteiger partial charge in [0.25, 0.3) is 0 Å². The van der Waals surface area contributed by atoms with Crippen LogP contribution in [0.4, 0.5) is 0 Å². The molecule has 1 aromatic carbocycles. The zero-order valence-electron chi connectivity index (χ0n) is 10.6. The number of aromatic nitrogens is 1. The highest BCUT2D eigenvalue weighted by Gasteiger charge is 2.07. The van der Waals surface area contributed by atoms with Crippen molar-refractivity contribution in [3.8, 4) is 5.75 Å². The zero-order chi connectivity index (χ0) is 13.0. The van der Waals surface area contributed by atoms with Crippen LogP contribution in [-0.4, -0.2) is 10.1 Å². The third-order valence-corrected chi connectivity index (χ3v) is 3.77. The fraction of sp³-hybridized carbons (Fsp3) is 0.357. The molecule has 0 saturated heterocycles. The average molecular weight is 263 g/mol. The minimum absolute atomic E-state index is 0.00567. The normalized spacial score (nSPS) is 10.6. The van der Waals surface area contributed by atoms with E-state index in [0.717, 1.165) is 34.0 Å². The first-order valence-corrected chi connectivity index (χ1v) is 6.88. The molecule has 18 heavy (non-hydrogen) atoms. The van der Waals surface area contributed by atoms with Crippen molar-refractivity contribution in [3.05, 3.63) is 45.4 Å². The van der Waals surface area contributed by atoms with E-state index in [1.54, 1.807) is 11.3 Å². The van der Waals surface area contributed by atoms with Crippen LogP contribution >= 0.6 is 11.3 Å². The van der Waals surface area contributed by atoms with E-state index in [1.165, 1.54) is 0 Å². The van der Waals surface area contributed by atoms with E-state index in [9.17, 15) is 5.11 Å². The van der Waals surface area contributed by atoms with E-state index < -0.39 is 0 Å². The maximum absolute atomic E-state index is 9.29. The molecule has 0 aliphatic rings. The van der Waals surface area contributed by atoms with Crippen molar-refractivity contribution in [3.63, 3.8) is 0 Å². The molecule has 1 N–H and O–H groups in total. The second kappa shape index (κ2) is 5.98. The summed E-state index contributed by atoms with van der Waals surface area (Å²) in [5.74, 6) is 0.769. The first kappa shape index (κ1) is 13.1. The summed E-state index contributed by atoms with van der Waals surface area (Å²) in [6, 6.07) is 5.78. The predicted octanol–water partition coefficient (Wildman–Crippen LogP) is 3.09. The maximum Gasteiger partial charge on any atom is 0.131 e. The van der Waals surface area contributed by atoms with Gasteiger partial charge in [-0.25, -0.2) is 4.98 Å². The van der Waals surface area contributed by atoms with Crippen LogP contribution in [0.5, 0.6) is 5.75 Å². The van der Waals surface area contributed by atoms with Gasteiger partial charge in [0, 0.05) is 10.9 Å². The lowest BCUT2D eigenvalue weighted by molar-refractivity contribution is 0.256. The van der Waals surface area contributed by atoms with Gasteiger partial charge >= 0.3 is 0 Å². The van der Waals surface area contributed by atoms with E-state index in [2.05, 4.69) is 11.9 Å². The number of ether oxygens (including phenoxy) is 1. The molecule has 0 aliphatic heterocycles. The third-order valence-electron chi connectivity index (χ3n) is 2.73. The van der Waals surface area contributed by atoms with Gasteiger partial charge in [0.15, 0.2) is 0 Å². The van der Waals surface area contributed by atoms with E-state index in [4.69, 9.17) is 4.74 Å².